The van der Waals surface area contributed by atoms with Crippen LogP contribution >= 0.6 is 22.9 Å². The lowest BCUT2D eigenvalue weighted by Gasteiger charge is -2.19. The summed E-state index contributed by atoms with van der Waals surface area (Å²) in [4.78, 5) is 17.5. The van der Waals surface area contributed by atoms with Gasteiger partial charge in [-0.25, -0.2) is 4.98 Å². The Kier molecular flexibility index (Phi) is 5.60. The second-order valence-corrected chi connectivity index (χ2v) is 3.94. The second-order valence-electron chi connectivity index (χ2n) is 2.85. The van der Waals surface area contributed by atoms with E-state index < -0.39 is 0 Å². The van der Waals surface area contributed by atoms with E-state index in [1.54, 1.807) is 22.9 Å². The molecule has 1 rings (SSSR count). The van der Waals surface area contributed by atoms with E-state index in [0.717, 1.165) is 0 Å². The summed E-state index contributed by atoms with van der Waals surface area (Å²) in [6, 6.07) is 0. The number of methoxy groups -OCH3 is 1. The second kappa shape index (κ2) is 6.76. The van der Waals surface area contributed by atoms with E-state index in [9.17, 15) is 4.79 Å². The molecule has 1 heterocycles. The van der Waals surface area contributed by atoms with Crippen LogP contribution in [0.25, 0.3) is 0 Å². The van der Waals surface area contributed by atoms with Gasteiger partial charge in [-0.05, 0) is 0 Å². The van der Waals surface area contributed by atoms with Gasteiger partial charge in [0.1, 0.15) is 5.69 Å². The smallest absolute Gasteiger partial charge is 0.273 e. The van der Waals surface area contributed by atoms with Crippen LogP contribution < -0.4 is 0 Å². The maximum atomic E-state index is 11.9. The maximum absolute atomic E-state index is 11.9. The Balaban J connectivity index is 2.58. The third kappa shape index (κ3) is 3.77. The Morgan fingerprint density at radius 3 is 3.00 bits per heavy atom. The third-order valence-corrected chi connectivity index (χ3v) is 2.61. The first-order valence-corrected chi connectivity index (χ1v) is 5.99. The molecule has 0 aliphatic rings. The van der Waals surface area contributed by atoms with Gasteiger partial charge in [-0.1, -0.05) is 0 Å². The standard InChI is InChI=1S/C9H13ClN2O2S/c1-14-5-4-12(3-2-10)9(13)8-6-15-7-11-8/h6-7H,2-5H2,1H3. The first-order chi connectivity index (χ1) is 7.29. The summed E-state index contributed by atoms with van der Waals surface area (Å²) in [6.07, 6.45) is 0. The van der Waals surface area contributed by atoms with Crippen LogP contribution in [0.5, 0.6) is 0 Å². The minimum Gasteiger partial charge on any atom is -0.383 e. The molecule has 0 saturated heterocycles. The number of carbonyl (C=O) groups is 1. The van der Waals surface area contributed by atoms with Gasteiger partial charge in [0.2, 0.25) is 0 Å². The molecule has 0 aromatic carbocycles. The highest BCUT2D eigenvalue weighted by Crippen LogP contribution is 2.05. The van der Waals surface area contributed by atoms with Crippen LogP contribution in [0.1, 0.15) is 10.5 Å². The molecule has 84 valence electrons. The van der Waals surface area contributed by atoms with Crippen molar-refractivity contribution < 1.29 is 9.53 Å². The van der Waals surface area contributed by atoms with Gasteiger partial charge in [0.25, 0.3) is 5.91 Å². The van der Waals surface area contributed by atoms with Crippen LogP contribution in [0.2, 0.25) is 0 Å². The monoisotopic (exact) mass is 248 g/mol. The van der Waals surface area contributed by atoms with Gasteiger partial charge >= 0.3 is 0 Å². The SMILES string of the molecule is COCCN(CCCl)C(=O)c1cscn1. The van der Waals surface area contributed by atoms with Crippen molar-refractivity contribution in [1.29, 1.82) is 0 Å². The summed E-state index contributed by atoms with van der Waals surface area (Å²) in [7, 11) is 1.60. The normalized spacial score (nSPS) is 10.3. The number of halogens is 1. The van der Waals surface area contributed by atoms with Crippen molar-refractivity contribution >= 4 is 28.8 Å². The largest absolute Gasteiger partial charge is 0.383 e. The Morgan fingerprint density at radius 2 is 2.47 bits per heavy atom. The average Bonchev–Trinajstić information content (AvgIpc) is 2.76. The number of carbonyl (C=O) groups excluding carboxylic acids is 1. The number of ether oxygens (including phenoxy) is 1. The highest BCUT2D eigenvalue weighted by molar-refractivity contribution is 7.07. The Morgan fingerprint density at radius 1 is 1.67 bits per heavy atom. The summed E-state index contributed by atoms with van der Waals surface area (Å²) in [5.74, 6) is 0.327. The Bertz CT molecular complexity index is 292. The highest BCUT2D eigenvalue weighted by atomic mass is 35.5. The first-order valence-electron chi connectivity index (χ1n) is 4.52. The summed E-state index contributed by atoms with van der Waals surface area (Å²) < 4.78 is 4.93. The number of hydrogen-bond acceptors (Lipinski definition) is 4. The van der Waals surface area contributed by atoms with Gasteiger partial charge in [-0.2, -0.15) is 0 Å². The molecule has 0 saturated carbocycles. The zero-order chi connectivity index (χ0) is 11.1. The van der Waals surface area contributed by atoms with E-state index in [2.05, 4.69) is 4.98 Å². The number of aromatic nitrogens is 1. The van der Waals surface area contributed by atoms with E-state index in [-0.39, 0.29) is 5.91 Å². The number of hydrogen-bond donors (Lipinski definition) is 0. The van der Waals surface area contributed by atoms with Gasteiger partial charge in [-0.3, -0.25) is 4.79 Å². The lowest BCUT2D eigenvalue weighted by molar-refractivity contribution is 0.0703. The summed E-state index contributed by atoms with van der Waals surface area (Å²) in [5, 5.41) is 1.73. The minimum absolute atomic E-state index is 0.0889. The summed E-state index contributed by atoms with van der Waals surface area (Å²) in [5.41, 5.74) is 2.11. The van der Waals surface area contributed by atoms with Crippen molar-refractivity contribution in [3.05, 3.63) is 16.6 Å². The maximum Gasteiger partial charge on any atom is 0.273 e. The fourth-order valence-corrected chi connectivity index (χ4v) is 1.83. The van der Waals surface area contributed by atoms with Gasteiger partial charge in [0.15, 0.2) is 0 Å². The Labute approximate surface area is 97.8 Å². The predicted octanol–water partition coefficient (Wildman–Crippen LogP) is 1.47. The molecule has 0 atom stereocenters. The first kappa shape index (κ1) is 12.4. The molecule has 4 nitrogen and oxygen atoms in total. The summed E-state index contributed by atoms with van der Waals surface area (Å²) >= 11 is 7.03. The quantitative estimate of drug-likeness (QED) is 0.716. The lowest BCUT2D eigenvalue weighted by atomic mass is 10.4. The average molecular weight is 249 g/mol. The minimum atomic E-state index is -0.0889. The zero-order valence-electron chi connectivity index (χ0n) is 8.48. The fraction of sp³-hybridized carbons (Fsp3) is 0.556. The van der Waals surface area contributed by atoms with Crippen molar-refractivity contribution in [3.63, 3.8) is 0 Å². The molecule has 0 bridgehead atoms. The molecular formula is C9H13ClN2O2S. The van der Waals surface area contributed by atoms with Crippen molar-refractivity contribution in [2.24, 2.45) is 0 Å². The molecule has 0 fully saturated rings. The van der Waals surface area contributed by atoms with Crippen LogP contribution in [0.15, 0.2) is 10.9 Å². The molecule has 1 aromatic rings. The van der Waals surface area contributed by atoms with E-state index in [0.29, 0.717) is 31.3 Å². The number of amides is 1. The Hall–Kier alpha value is -0.650. The zero-order valence-corrected chi connectivity index (χ0v) is 10.1. The summed E-state index contributed by atoms with van der Waals surface area (Å²) in [6.45, 7) is 1.56. The van der Waals surface area contributed by atoms with Gasteiger partial charge < -0.3 is 9.64 Å². The van der Waals surface area contributed by atoms with Crippen LogP contribution in [0, 0.1) is 0 Å². The van der Waals surface area contributed by atoms with Crippen LogP contribution in [0.3, 0.4) is 0 Å². The van der Waals surface area contributed by atoms with Crippen molar-refractivity contribution in [2.75, 3.05) is 32.7 Å². The number of alkyl halides is 1. The van der Waals surface area contributed by atoms with Crippen molar-refractivity contribution in [2.45, 2.75) is 0 Å². The number of rotatable bonds is 6. The molecule has 0 N–H and O–H groups in total. The van der Waals surface area contributed by atoms with Crippen LogP contribution in [-0.2, 0) is 4.74 Å². The van der Waals surface area contributed by atoms with Crippen molar-refractivity contribution in [3.8, 4) is 0 Å². The van der Waals surface area contributed by atoms with Gasteiger partial charge in [0, 0.05) is 31.5 Å². The molecule has 1 amide bonds. The highest BCUT2D eigenvalue weighted by Gasteiger charge is 2.16. The molecule has 0 aliphatic carbocycles. The van der Waals surface area contributed by atoms with Gasteiger partial charge in [-0.15, -0.1) is 22.9 Å². The molecule has 0 unspecified atom stereocenters. The molecular weight excluding hydrogens is 236 g/mol. The van der Waals surface area contributed by atoms with Crippen LogP contribution in [0.4, 0.5) is 0 Å². The number of nitrogens with zero attached hydrogens (tertiary/aromatic N) is 2. The fourth-order valence-electron chi connectivity index (χ4n) is 1.10. The lowest BCUT2D eigenvalue weighted by Crippen LogP contribution is -2.35. The van der Waals surface area contributed by atoms with E-state index >= 15 is 0 Å². The molecule has 0 radical (unpaired) electrons. The van der Waals surface area contributed by atoms with Crippen molar-refractivity contribution in [1.82, 2.24) is 9.88 Å². The van der Waals surface area contributed by atoms with Crippen LogP contribution in [-0.4, -0.2) is 48.5 Å². The topological polar surface area (TPSA) is 42.4 Å². The molecule has 15 heavy (non-hydrogen) atoms. The molecule has 1 aromatic heterocycles. The predicted molar refractivity (Wildman–Crippen MR) is 60.6 cm³/mol. The van der Waals surface area contributed by atoms with Gasteiger partial charge in [0.05, 0.1) is 12.1 Å². The van der Waals surface area contributed by atoms with E-state index in [4.69, 9.17) is 16.3 Å². The molecule has 6 heteroatoms. The van der Waals surface area contributed by atoms with E-state index in [1.165, 1.54) is 11.3 Å². The number of thiazole rings is 1. The third-order valence-electron chi connectivity index (χ3n) is 1.86. The molecule has 0 spiro atoms. The van der Waals surface area contributed by atoms with E-state index in [1.807, 2.05) is 0 Å². The molecule has 0 aliphatic heterocycles.